The van der Waals surface area contributed by atoms with Gasteiger partial charge in [-0.1, -0.05) is 12.8 Å². The van der Waals surface area contributed by atoms with E-state index in [1.807, 2.05) is 0 Å². The summed E-state index contributed by atoms with van der Waals surface area (Å²) in [5.74, 6) is -0.302. The molecule has 0 aromatic carbocycles. The molecule has 0 unspecified atom stereocenters. The molecule has 2 atom stereocenters. The first-order chi connectivity index (χ1) is 8.15. The van der Waals surface area contributed by atoms with E-state index in [0.717, 1.165) is 6.42 Å². The van der Waals surface area contributed by atoms with Crippen molar-refractivity contribution in [3.8, 4) is 0 Å². The lowest BCUT2D eigenvalue weighted by atomic mass is 10.0. The fourth-order valence-corrected chi connectivity index (χ4v) is 3.10. The molecule has 0 aromatic heterocycles. The molecule has 0 heterocycles. The number of carbonyl (C=O) groups is 2. The maximum Gasteiger partial charge on any atom is 0.306 e. The van der Waals surface area contributed by atoms with E-state index < -0.39 is 5.97 Å². The van der Waals surface area contributed by atoms with Crippen LogP contribution in [0, 0.1) is 11.8 Å². The van der Waals surface area contributed by atoms with Crippen LogP contribution < -0.4 is 5.32 Å². The van der Waals surface area contributed by atoms with Crippen LogP contribution in [-0.2, 0) is 9.59 Å². The Bertz CT molecular complexity index is 297. The first-order valence-corrected chi connectivity index (χ1v) is 6.67. The zero-order valence-electron chi connectivity index (χ0n) is 10.2. The summed E-state index contributed by atoms with van der Waals surface area (Å²) in [6.07, 6.45) is 7.60. The highest BCUT2D eigenvalue weighted by Crippen LogP contribution is 2.29. The monoisotopic (exact) mass is 239 g/mol. The van der Waals surface area contributed by atoms with Crippen LogP contribution in [0.25, 0.3) is 0 Å². The normalized spacial score (nSPS) is 29.4. The third-order valence-electron chi connectivity index (χ3n) is 4.10. The topological polar surface area (TPSA) is 66.4 Å². The summed E-state index contributed by atoms with van der Waals surface area (Å²) in [5, 5.41) is 11.9. The summed E-state index contributed by atoms with van der Waals surface area (Å²) in [5.41, 5.74) is 0. The second kappa shape index (κ2) is 5.52. The van der Waals surface area contributed by atoms with Crippen LogP contribution in [0.5, 0.6) is 0 Å². The van der Waals surface area contributed by atoms with Gasteiger partial charge in [0.25, 0.3) is 0 Å². The highest BCUT2D eigenvalue weighted by atomic mass is 16.4. The van der Waals surface area contributed by atoms with Gasteiger partial charge in [0.2, 0.25) is 5.91 Å². The van der Waals surface area contributed by atoms with Gasteiger partial charge >= 0.3 is 5.97 Å². The van der Waals surface area contributed by atoms with Crippen molar-refractivity contribution >= 4 is 11.9 Å². The summed E-state index contributed by atoms with van der Waals surface area (Å²) in [4.78, 5) is 22.6. The Hall–Kier alpha value is -1.06. The number of aliphatic carboxylic acids is 1. The predicted molar refractivity (Wildman–Crippen MR) is 63.5 cm³/mol. The van der Waals surface area contributed by atoms with E-state index in [4.69, 9.17) is 5.11 Å². The van der Waals surface area contributed by atoms with Gasteiger partial charge < -0.3 is 10.4 Å². The SMILES string of the molecule is O=C(CC1CCCC1)N[C@@H]1CC[C@H](C(=O)O)C1. The number of carbonyl (C=O) groups excluding carboxylic acids is 1. The average Bonchev–Trinajstić information content (AvgIpc) is 2.88. The maximum atomic E-state index is 11.8. The lowest BCUT2D eigenvalue weighted by Crippen LogP contribution is -2.34. The predicted octanol–water partition coefficient (Wildman–Crippen LogP) is 1.94. The summed E-state index contributed by atoms with van der Waals surface area (Å²) >= 11 is 0. The third-order valence-corrected chi connectivity index (χ3v) is 4.10. The molecule has 2 aliphatic rings. The molecule has 0 aromatic rings. The van der Waals surface area contributed by atoms with Crippen molar-refractivity contribution in [3.63, 3.8) is 0 Å². The van der Waals surface area contributed by atoms with Crippen molar-refractivity contribution in [2.45, 2.75) is 57.4 Å². The van der Waals surface area contributed by atoms with Gasteiger partial charge in [0, 0.05) is 12.5 Å². The fraction of sp³-hybridized carbons (Fsp3) is 0.846. The van der Waals surface area contributed by atoms with Crippen molar-refractivity contribution in [2.75, 3.05) is 0 Å². The van der Waals surface area contributed by atoms with Crippen LogP contribution in [0.3, 0.4) is 0 Å². The van der Waals surface area contributed by atoms with Gasteiger partial charge in [-0.25, -0.2) is 0 Å². The summed E-state index contributed by atoms with van der Waals surface area (Å²) < 4.78 is 0. The Morgan fingerprint density at radius 3 is 2.41 bits per heavy atom. The smallest absolute Gasteiger partial charge is 0.306 e. The first kappa shape index (κ1) is 12.4. The lowest BCUT2D eigenvalue weighted by Gasteiger charge is -2.14. The Morgan fingerprint density at radius 2 is 1.82 bits per heavy atom. The number of carboxylic acids is 1. The van der Waals surface area contributed by atoms with Crippen molar-refractivity contribution < 1.29 is 14.7 Å². The van der Waals surface area contributed by atoms with E-state index in [2.05, 4.69) is 5.32 Å². The van der Waals surface area contributed by atoms with E-state index in [1.54, 1.807) is 0 Å². The Morgan fingerprint density at radius 1 is 1.12 bits per heavy atom. The highest BCUT2D eigenvalue weighted by molar-refractivity contribution is 5.77. The second-order valence-corrected chi connectivity index (χ2v) is 5.47. The molecule has 0 bridgehead atoms. The van der Waals surface area contributed by atoms with Gasteiger partial charge in [-0.3, -0.25) is 9.59 Å². The Labute approximate surface area is 102 Å². The molecule has 0 aliphatic heterocycles. The summed E-state index contributed by atoms with van der Waals surface area (Å²) in [6, 6.07) is 0.0880. The molecular formula is C13H21NO3. The fourth-order valence-electron chi connectivity index (χ4n) is 3.10. The van der Waals surface area contributed by atoms with E-state index in [0.29, 0.717) is 25.2 Å². The van der Waals surface area contributed by atoms with Gasteiger partial charge in [0.05, 0.1) is 5.92 Å². The first-order valence-electron chi connectivity index (χ1n) is 6.67. The summed E-state index contributed by atoms with van der Waals surface area (Å²) in [6.45, 7) is 0. The molecule has 2 N–H and O–H groups in total. The van der Waals surface area contributed by atoms with E-state index in [1.165, 1.54) is 25.7 Å². The average molecular weight is 239 g/mol. The molecule has 1 amide bonds. The van der Waals surface area contributed by atoms with E-state index in [9.17, 15) is 9.59 Å². The number of carboxylic acid groups (broad SMARTS) is 1. The van der Waals surface area contributed by atoms with E-state index in [-0.39, 0.29) is 17.9 Å². The van der Waals surface area contributed by atoms with Crippen LogP contribution in [0.2, 0.25) is 0 Å². The van der Waals surface area contributed by atoms with Crippen LogP contribution in [-0.4, -0.2) is 23.0 Å². The quantitative estimate of drug-likeness (QED) is 0.787. The molecule has 2 aliphatic carbocycles. The zero-order chi connectivity index (χ0) is 12.3. The Balaban J connectivity index is 1.70. The van der Waals surface area contributed by atoms with Crippen LogP contribution in [0.4, 0.5) is 0 Å². The third kappa shape index (κ3) is 3.45. The molecule has 2 fully saturated rings. The lowest BCUT2D eigenvalue weighted by molar-refractivity contribution is -0.141. The molecule has 0 saturated heterocycles. The molecule has 4 nitrogen and oxygen atoms in total. The van der Waals surface area contributed by atoms with Gasteiger partial charge in [0.15, 0.2) is 0 Å². The van der Waals surface area contributed by atoms with Gasteiger partial charge in [0.1, 0.15) is 0 Å². The molecule has 0 radical (unpaired) electrons. The van der Waals surface area contributed by atoms with Gasteiger partial charge in [-0.15, -0.1) is 0 Å². The highest BCUT2D eigenvalue weighted by Gasteiger charge is 2.30. The number of hydrogen-bond acceptors (Lipinski definition) is 2. The maximum absolute atomic E-state index is 11.8. The minimum absolute atomic E-state index is 0.0880. The molecule has 96 valence electrons. The van der Waals surface area contributed by atoms with Crippen molar-refractivity contribution in [2.24, 2.45) is 11.8 Å². The number of amides is 1. The number of rotatable bonds is 4. The Kier molecular flexibility index (Phi) is 4.02. The molecule has 2 rings (SSSR count). The molecule has 4 heteroatoms. The zero-order valence-corrected chi connectivity index (χ0v) is 10.2. The van der Waals surface area contributed by atoms with Crippen molar-refractivity contribution in [3.05, 3.63) is 0 Å². The van der Waals surface area contributed by atoms with Gasteiger partial charge in [-0.05, 0) is 38.0 Å². The van der Waals surface area contributed by atoms with Crippen LogP contribution in [0.1, 0.15) is 51.4 Å². The van der Waals surface area contributed by atoms with Crippen LogP contribution in [0.15, 0.2) is 0 Å². The van der Waals surface area contributed by atoms with Crippen molar-refractivity contribution in [1.82, 2.24) is 5.32 Å². The molecule has 17 heavy (non-hydrogen) atoms. The summed E-state index contributed by atoms with van der Waals surface area (Å²) in [7, 11) is 0. The standard InChI is InChI=1S/C13H21NO3/c15-12(7-9-3-1-2-4-9)14-11-6-5-10(8-11)13(16)17/h9-11H,1-8H2,(H,14,15)(H,16,17)/t10-,11+/m0/s1. The minimum Gasteiger partial charge on any atom is -0.481 e. The van der Waals surface area contributed by atoms with Gasteiger partial charge in [-0.2, -0.15) is 0 Å². The number of nitrogens with one attached hydrogen (secondary N) is 1. The minimum atomic E-state index is -0.724. The largest absolute Gasteiger partial charge is 0.481 e. The van der Waals surface area contributed by atoms with E-state index >= 15 is 0 Å². The van der Waals surface area contributed by atoms with Crippen LogP contribution >= 0.6 is 0 Å². The number of hydrogen-bond donors (Lipinski definition) is 2. The van der Waals surface area contributed by atoms with Crippen molar-refractivity contribution in [1.29, 1.82) is 0 Å². The second-order valence-electron chi connectivity index (χ2n) is 5.47. The molecule has 0 spiro atoms. The molecule has 2 saturated carbocycles. The molecular weight excluding hydrogens is 218 g/mol.